The Morgan fingerprint density at radius 3 is 2.86 bits per heavy atom. The number of nitrogens with two attached hydrogens (primary N) is 1. The molecule has 0 spiro atoms. The highest BCUT2D eigenvalue weighted by Crippen LogP contribution is 2.30. The number of carbonyl (C=O) groups excluding carboxylic acids is 1. The van der Waals surface area contributed by atoms with Gasteiger partial charge in [0.05, 0.1) is 18.7 Å². The lowest BCUT2D eigenvalue weighted by Crippen LogP contribution is -2.20. The second kappa shape index (κ2) is 6.47. The predicted molar refractivity (Wildman–Crippen MR) is 81.3 cm³/mol. The summed E-state index contributed by atoms with van der Waals surface area (Å²) in [5.41, 5.74) is 7.41. The minimum Gasteiger partial charge on any atom is -0.491 e. The van der Waals surface area contributed by atoms with Crippen LogP contribution in [-0.4, -0.2) is 28.7 Å². The molecule has 0 aliphatic carbocycles. The smallest absolute Gasteiger partial charge is 0.328 e. The van der Waals surface area contributed by atoms with E-state index >= 15 is 0 Å². The molecule has 1 atom stereocenters. The van der Waals surface area contributed by atoms with Crippen LogP contribution in [0.2, 0.25) is 0 Å². The first-order valence-corrected chi connectivity index (χ1v) is 7.16. The van der Waals surface area contributed by atoms with E-state index < -0.39 is 6.04 Å². The summed E-state index contributed by atoms with van der Waals surface area (Å²) in [6.45, 7) is 6.50. The van der Waals surface area contributed by atoms with E-state index in [9.17, 15) is 4.79 Å². The predicted octanol–water partition coefficient (Wildman–Crippen LogP) is 2.53. The van der Waals surface area contributed by atoms with E-state index in [1.807, 2.05) is 25.1 Å². The van der Waals surface area contributed by atoms with Crippen LogP contribution >= 0.6 is 0 Å². The van der Waals surface area contributed by atoms with Crippen LogP contribution in [0.1, 0.15) is 33.2 Å². The zero-order valence-electron chi connectivity index (χ0n) is 12.6. The minimum atomic E-state index is -0.531. The average Bonchev–Trinajstić information content (AvgIpc) is 2.81. The van der Waals surface area contributed by atoms with Crippen molar-refractivity contribution < 1.29 is 14.3 Å². The molecule has 1 aromatic carbocycles. The second-order valence-corrected chi connectivity index (χ2v) is 4.74. The Morgan fingerprint density at radius 1 is 1.43 bits per heavy atom. The number of rotatable bonds is 6. The van der Waals surface area contributed by atoms with Gasteiger partial charge in [-0.1, -0.05) is 13.0 Å². The zero-order valence-corrected chi connectivity index (χ0v) is 12.6. The molecule has 0 aliphatic heterocycles. The number of nitrogens with zero attached hydrogens (tertiary/aromatic N) is 2. The molecular weight excluding hydrogens is 270 g/mol. The maximum Gasteiger partial charge on any atom is 0.328 e. The van der Waals surface area contributed by atoms with Gasteiger partial charge < -0.3 is 15.2 Å². The van der Waals surface area contributed by atoms with Gasteiger partial charge in [-0.2, -0.15) is 0 Å². The van der Waals surface area contributed by atoms with Gasteiger partial charge in [0.2, 0.25) is 5.95 Å². The van der Waals surface area contributed by atoms with E-state index in [1.165, 1.54) is 0 Å². The van der Waals surface area contributed by atoms with Gasteiger partial charge in [0.15, 0.2) is 0 Å². The summed E-state index contributed by atoms with van der Waals surface area (Å²) >= 11 is 0. The molecule has 1 unspecified atom stereocenters. The van der Waals surface area contributed by atoms with Crippen molar-refractivity contribution in [1.29, 1.82) is 0 Å². The lowest BCUT2D eigenvalue weighted by Gasteiger charge is -2.14. The molecule has 0 amide bonds. The van der Waals surface area contributed by atoms with Gasteiger partial charge in [-0.15, -0.1) is 0 Å². The number of hydrogen-bond acceptors (Lipinski definition) is 5. The fourth-order valence-corrected chi connectivity index (χ4v) is 2.21. The fraction of sp³-hybridized carbons (Fsp3) is 0.467. The summed E-state index contributed by atoms with van der Waals surface area (Å²) in [6.07, 6.45) is 0.909. The molecule has 0 saturated carbocycles. The van der Waals surface area contributed by atoms with E-state index in [-0.39, 0.29) is 11.9 Å². The Kier molecular flexibility index (Phi) is 4.67. The highest BCUT2D eigenvalue weighted by molar-refractivity contribution is 5.87. The molecule has 0 bridgehead atoms. The number of carbonyl (C=O) groups is 1. The molecule has 1 heterocycles. The van der Waals surface area contributed by atoms with Crippen molar-refractivity contribution in [2.45, 2.75) is 33.2 Å². The number of anilines is 1. The molecule has 21 heavy (non-hydrogen) atoms. The Balaban J connectivity index is 2.45. The Morgan fingerprint density at radius 2 is 2.19 bits per heavy atom. The Bertz CT molecular complexity index is 636. The van der Waals surface area contributed by atoms with E-state index in [0.717, 1.165) is 11.9 Å². The SMILES string of the molecule is CCCOc1cccc2c1nc(N)n2C(C)C(=O)OCC. The number of esters is 1. The topological polar surface area (TPSA) is 79.4 Å². The highest BCUT2D eigenvalue weighted by atomic mass is 16.5. The molecule has 0 aliphatic rings. The van der Waals surface area contributed by atoms with Crippen molar-refractivity contribution in [3.63, 3.8) is 0 Å². The third kappa shape index (κ3) is 2.94. The van der Waals surface area contributed by atoms with Crippen LogP contribution in [0.15, 0.2) is 18.2 Å². The molecule has 1 aromatic heterocycles. The zero-order chi connectivity index (χ0) is 15.4. The number of aromatic nitrogens is 2. The van der Waals surface area contributed by atoms with Gasteiger partial charge in [-0.05, 0) is 32.4 Å². The molecule has 2 aromatic rings. The number of benzene rings is 1. The molecule has 6 heteroatoms. The quantitative estimate of drug-likeness (QED) is 0.827. The van der Waals surface area contributed by atoms with Gasteiger partial charge in [0.25, 0.3) is 0 Å². The lowest BCUT2D eigenvalue weighted by molar-refractivity contribution is -0.146. The first-order chi connectivity index (χ1) is 10.1. The van der Waals surface area contributed by atoms with Crippen LogP contribution < -0.4 is 10.5 Å². The Labute approximate surface area is 123 Å². The molecule has 6 nitrogen and oxygen atoms in total. The number of nitrogen functional groups attached to an aromatic ring is 1. The maximum atomic E-state index is 11.9. The van der Waals surface area contributed by atoms with Crippen LogP contribution in [0.3, 0.4) is 0 Å². The van der Waals surface area contributed by atoms with Crippen molar-refractivity contribution in [3.8, 4) is 5.75 Å². The summed E-state index contributed by atoms with van der Waals surface area (Å²) in [7, 11) is 0. The van der Waals surface area contributed by atoms with Gasteiger partial charge >= 0.3 is 5.97 Å². The molecular formula is C15H21N3O3. The van der Waals surface area contributed by atoms with Crippen molar-refractivity contribution in [2.24, 2.45) is 0 Å². The second-order valence-electron chi connectivity index (χ2n) is 4.74. The van der Waals surface area contributed by atoms with Crippen LogP contribution in [0.25, 0.3) is 11.0 Å². The summed E-state index contributed by atoms with van der Waals surface area (Å²) in [6, 6.07) is 5.05. The lowest BCUT2D eigenvalue weighted by atomic mass is 10.2. The van der Waals surface area contributed by atoms with Crippen molar-refractivity contribution >= 4 is 23.0 Å². The fourth-order valence-electron chi connectivity index (χ4n) is 2.21. The van der Waals surface area contributed by atoms with E-state index in [0.29, 0.717) is 24.5 Å². The molecule has 2 N–H and O–H groups in total. The summed E-state index contributed by atoms with van der Waals surface area (Å²) in [5.74, 6) is 0.623. The number of ether oxygens (including phenoxy) is 2. The highest BCUT2D eigenvalue weighted by Gasteiger charge is 2.22. The summed E-state index contributed by atoms with van der Waals surface area (Å²) in [4.78, 5) is 16.3. The summed E-state index contributed by atoms with van der Waals surface area (Å²) in [5, 5.41) is 0. The van der Waals surface area contributed by atoms with E-state index in [2.05, 4.69) is 4.98 Å². The van der Waals surface area contributed by atoms with Crippen molar-refractivity contribution in [3.05, 3.63) is 18.2 Å². The number of para-hydroxylation sites is 1. The summed E-state index contributed by atoms with van der Waals surface area (Å²) < 4.78 is 12.4. The normalized spacial score (nSPS) is 12.3. The van der Waals surface area contributed by atoms with Crippen LogP contribution in [-0.2, 0) is 9.53 Å². The first kappa shape index (κ1) is 15.2. The van der Waals surface area contributed by atoms with Crippen LogP contribution in [0.4, 0.5) is 5.95 Å². The maximum absolute atomic E-state index is 11.9. The standard InChI is InChI=1S/C15H21N3O3/c1-4-9-21-12-8-6-7-11-13(12)17-15(16)18(11)10(3)14(19)20-5-2/h6-8,10H,4-5,9H2,1-3H3,(H2,16,17). The molecule has 2 rings (SSSR count). The largest absolute Gasteiger partial charge is 0.491 e. The molecule has 0 saturated heterocycles. The van der Waals surface area contributed by atoms with Crippen molar-refractivity contribution in [2.75, 3.05) is 18.9 Å². The van der Waals surface area contributed by atoms with Crippen LogP contribution in [0, 0.1) is 0 Å². The monoisotopic (exact) mass is 291 g/mol. The Hall–Kier alpha value is -2.24. The van der Waals surface area contributed by atoms with E-state index in [1.54, 1.807) is 18.4 Å². The first-order valence-electron chi connectivity index (χ1n) is 7.16. The molecule has 0 fully saturated rings. The number of imidazole rings is 1. The van der Waals surface area contributed by atoms with Gasteiger partial charge in [-0.25, -0.2) is 9.78 Å². The number of hydrogen-bond donors (Lipinski definition) is 1. The molecule has 0 radical (unpaired) electrons. The minimum absolute atomic E-state index is 0.276. The van der Waals surface area contributed by atoms with Crippen LogP contribution in [0.5, 0.6) is 5.75 Å². The van der Waals surface area contributed by atoms with Gasteiger partial charge in [0, 0.05) is 0 Å². The van der Waals surface area contributed by atoms with Gasteiger partial charge in [0.1, 0.15) is 17.3 Å². The van der Waals surface area contributed by atoms with Crippen molar-refractivity contribution in [1.82, 2.24) is 9.55 Å². The van der Waals surface area contributed by atoms with E-state index in [4.69, 9.17) is 15.2 Å². The average molecular weight is 291 g/mol. The number of fused-ring (bicyclic) bond motifs is 1. The third-order valence-corrected chi connectivity index (χ3v) is 3.19. The van der Waals surface area contributed by atoms with Gasteiger partial charge in [-0.3, -0.25) is 4.57 Å². The third-order valence-electron chi connectivity index (χ3n) is 3.19. The molecule has 114 valence electrons.